The van der Waals surface area contributed by atoms with Crippen molar-refractivity contribution in [1.29, 1.82) is 0 Å². The highest BCUT2D eigenvalue weighted by atomic mass is 16.5. The second kappa shape index (κ2) is 4.76. The van der Waals surface area contributed by atoms with E-state index in [1.165, 1.54) is 5.82 Å². The normalized spacial score (nSPS) is 23.5. The smallest absolute Gasteiger partial charge is 0.123 e. The van der Waals surface area contributed by atoms with Crippen molar-refractivity contribution in [2.45, 2.75) is 32.9 Å². The number of fused-ring (bicyclic) bond motifs is 1. The lowest BCUT2D eigenvalue weighted by molar-refractivity contribution is -0.117. The molecule has 0 aliphatic carbocycles. The molecule has 0 bridgehead atoms. The van der Waals surface area contributed by atoms with Crippen molar-refractivity contribution in [2.75, 3.05) is 26.3 Å². The van der Waals surface area contributed by atoms with Gasteiger partial charge < -0.3 is 9.30 Å². The Morgan fingerprint density at radius 1 is 1.53 bits per heavy atom. The fourth-order valence-corrected chi connectivity index (χ4v) is 2.88. The van der Waals surface area contributed by atoms with E-state index in [0.717, 1.165) is 45.1 Å². The van der Waals surface area contributed by atoms with Gasteiger partial charge in [0.25, 0.3) is 0 Å². The first-order valence-corrected chi connectivity index (χ1v) is 7.08. The van der Waals surface area contributed by atoms with Crippen LogP contribution in [-0.4, -0.2) is 40.8 Å². The van der Waals surface area contributed by atoms with Crippen molar-refractivity contribution in [3.8, 4) is 0 Å². The van der Waals surface area contributed by atoms with Gasteiger partial charge in [0.05, 0.1) is 25.5 Å². The van der Waals surface area contributed by atoms with E-state index < -0.39 is 0 Å². The van der Waals surface area contributed by atoms with E-state index in [2.05, 4.69) is 36.1 Å². The standard InChI is InChI=1S/C15H23N3O/c1-4-12(2)13-7-18-6-5-17(8-14(18)16-13)9-15(3)10-19-11-15/h4,7,12H,1,5-6,8-11H2,2-3H3. The molecule has 2 aliphatic heterocycles. The lowest BCUT2D eigenvalue weighted by Crippen LogP contribution is -2.50. The molecule has 3 rings (SSSR count). The molecule has 1 aromatic rings. The third-order valence-corrected chi connectivity index (χ3v) is 4.23. The lowest BCUT2D eigenvalue weighted by atomic mass is 9.88. The van der Waals surface area contributed by atoms with Crippen LogP contribution in [0.4, 0.5) is 0 Å². The van der Waals surface area contributed by atoms with Gasteiger partial charge in [-0.3, -0.25) is 4.90 Å². The van der Waals surface area contributed by atoms with Gasteiger partial charge in [-0.05, 0) is 0 Å². The number of hydrogen-bond acceptors (Lipinski definition) is 3. The number of nitrogens with zero attached hydrogens (tertiary/aromatic N) is 3. The number of imidazole rings is 1. The molecule has 0 spiro atoms. The first-order chi connectivity index (χ1) is 9.09. The highest BCUT2D eigenvalue weighted by molar-refractivity contribution is 5.14. The highest BCUT2D eigenvalue weighted by Gasteiger charge is 2.36. The molecule has 0 aromatic carbocycles. The SMILES string of the molecule is C=CC(C)c1cn2c(n1)CN(CC1(C)COC1)CC2. The van der Waals surface area contributed by atoms with E-state index in [1.807, 2.05) is 6.08 Å². The average Bonchev–Trinajstić information content (AvgIpc) is 2.79. The number of rotatable bonds is 4. The number of aromatic nitrogens is 2. The molecule has 0 saturated carbocycles. The molecule has 1 saturated heterocycles. The monoisotopic (exact) mass is 261 g/mol. The average molecular weight is 261 g/mol. The molecule has 3 heterocycles. The van der Waals surface area contributed by atoms with Crippen LogP contribution in [-0.2, 0) is 17.8 Å². The molecule has 2 aliphatic rings. The van der Waals surface area contributed by atoms with E-state index in [4.69, 9.17) is 9.72 Å². The summed E-state index contributed by atoms with van der Waals surface area (Å²) in [5, 5.41) is 0. The summed E-state index contributed by atoms with van der Waals surface area (Å²) in [5.41, 5.74) is 1.50. The maximum Gasteiger partial charge on any atom is 0.123 e. The predicted molar refractivity (Wildman–Crippen MR) is 75.0 cm³/mol. The summed E-state index contributed by atoms with van der Waals surface area (Å²) < 4.78 is 7.64. The molecule has 1 atom stereocenters. The molecule has 1 aromatic heterocycles. The van der Waals surface area contributed by atoms with Crippen molar-refractivity contribution in [2.24, 2.45) is 5.41 Å². The first-order valence-electron chi connectivity index (χ1n) is 7.08. The van der Waals surface area contributed by atoms with Gasteiger partial charge >= 0.3 is 0 Å². The number of hydrogen-bond donors (Lipinski definition) is 0. The van der Waals surface area contributed by atoms with Crippen molar-refractivity contribution >= 4 is 0 Å². The van der Waals surface area contributed by atoms with Crippen molar-refractivity contribution < 1.29 is 4.74 Å². The van der Waals surface area contributed by atoms with Crippen LogP contribution in [0, 0.1) is 5.41 Å². The highest BCUT2D eigenvalue weighted by Crippen LogP contribution is 2.29. The van der Waals surface area contributed by atoms with E-state index in [1.54, 1.807) is 0 Å². The van der Waals surface area contributed by atoms with Gasteiger partial charge in [-0.2, -0.15) is 0 Å². The molecular weight excluding hydrogens is 238 g/mol. The summed E-state index contributed by atoms with van der Waals surface area (Å²) in [6.45, 7) is 14.3. The fourth-order valence-electron chi connectivity index (χ4n) is 2.88. The topological polar surface area (TPSA) is 30.3 Å². The predicted octanol–water partition coefficient (Wildman–Crippen LogP) is 2.02. The summed E-state index contributed by atoms with van der Waals surface area (Å²) in [6, 6.07) is 0. The van der Waals surface area contributed by atoms with Gasteiger partial charge in [0.2, 0.25) is 0 Å². The maximum atomic E-state index is 5.34. The molecule has 0 radical (unpaired) electrons. The summed E-state index contributed by atoms with van der Waals surface area (Å²) in [4.78, 5) is 7.27. The van der Waals surface area contributed by atoms with E-state index in [0.29, 0.717) is 11.3 Å². The lowest BCUT2D eigenvalue weighted by Gasteiger charge is -2.42. The second-order valence-electron chi connectivity index (χ2n) is 6.31. The first kappa shape index (κ1) is 12.9. The number of allylic oxidation sites excluding steroid dienone is 1. The zero-order chi connectivity index (χ0) is 13.5. The molecule has 0 N–H and O–H groups in total. The second-order valence-corrected chi connectivity index (χ2v) is 6.31. The van der Waals surface area contributed by atoms with Crippen LogP contribution in [0.1, 0.15) is 31.3 Å². The van der Waals surface area contributed by atoms with Gasteiger partial charge in [-0.25, -0.2) is 4.98 Å². The van der Waals surface area contributed by atoms with E-state index >= 15 is 0 Å². The van der Waals surface area contributed by atoms with Gasteiger partial charge in [0.15, 0.2) is 0 Å². The van der Waals surface area contributed by atoms with Crippen LogP contribution in [0.2, 0.25) is 0 Å². The third-order valence-electron chi connectivity index (χ3n) is 4.23. The zero-order valence-corrected chi connectivity index (χ0v) is 11.9. The van der Waals surface area contributed by atoms with E-state index in [-0.39, 0.29) is 0 Å². The Labute approximate surface area is 115 Å². The number of ether oxygens (including phenoxy) is 1. The Kier molecular flexibility index (Phi) is 3.23. The van der Waals surface area contributed by atoms with Crippen molar-refractivity contribution in [3.05, 3.63) is 30.4 Å². The minimum atomic E-state index is 0.337. The van der Waals surface area contributed by atoms with E-state index in [9.17, 15) is 0 Å². The molecular formula is C15H23N3O. The maximum absolute atomic E-state index is 5.34. The Bertz CT molecular complexity index is 476. The molecule has 4 heteroatoms. The van der Waals surface area contributed by atoms with Gasteiger partial charge in [0, 0.05) is 37.2 Å². The summed E-state index contributed by atoms with van der Waals surface area (Å²) in [6.07, 6.45) is 4.14. The van der Waals surface area contributed by atoms with Gasteiger partial charge in [0.1, 0.15) is 5.82 Å². The van der Waals surface area contributed by atoms with Crippen LogP contribution in [0.3, 0.4) is 0 Å². The largest absolute Gasteiger partial charge is 0.380 e. The molecule has 104 valence electrons. The van der Waals surface area contributed by atoms with Crippen LogP contribution >= 0.6 is 0 Å². The summed E-state index contributed by atoms with van der Waals surface area (Å²) >= 11 is 0. The third kappa shape index (κ3) is 2.47. The summed E-state index contributed by atoms with van der Waals surface area (Å²) in [5.74, 6) is 1.53. The van der Waals surface area contributed by atoms with Gasteiger partial charge in [-0.15, -0.1) is 6.58 Å². The molecule has 1 fully saturated rings. The Balaban J connectivity index is 1.69. The van der Waals surface area contributed by atoms with Gasteiger partial charge in [-0.1, -0.05) is 19.9 Å². The van der Waals surface area contributed by atoms with Crippen LogP contribution in [0.25, 0.3) is 0 Å². The Morgan fingerprint density at radius 2 is 2.32 bits per heavy atom. The van der Waals surface area contributed by atoms with Crippen LogP contribution in [0.5, 0.6) is 0 Å². The molecule has 19 heavy (non-hydrogen) atoms. The molecule has 0 amide bonds. The zero-order valence-electron chi connectivity index (χ0n) is 11.9. The Morgan fingerprint density at radius 3 is 2.95 bits per heavy atom. The van der Waals surface area contributed by atoms with Crippen molar-refractivity contribution in [1.82, 2.24) is 14.5 Å². The summed E-state index contributed by atoms with van der Waals surface area (Å²) in [7, 11) is 0. The van der Waals surface area contributed by atoms with Crippen molar-refractivity contribution in [3.63, 3.8) is 0 Å². The molecule has 4 nitrogen and oxygen atoms in total. The minimum Gasteiger partial charge on any atom is -0.380 e. The van der Waals surface area contributed by atoms with Crippen LogP contribution in [0.15, 0.2) is 18.9 Å². The fraction of sp³-hybridized carbons (Fsp3) is 0.667. The quantitative estimate of drug-likeness (QED) is 0.777. The molecule has 1 unspecified atom stereocenters. The van der Waals surface area contributed by atoms with Crippen LogP contribution < -0.4 is 0 Å². The minimum absolute atomic E-state index is 0.337. The Hall–Kier alpha value is -1.13.